The predicted octanol–water partition coefficient (Wildman–Crippen LogP) is 4.18. The van der Waals surface area contributed by atoms with E-state index < -0.39 is 0 Å². The van der Waals surface area contributed by atoms with Crippen molar-refractivity contribution in [3.05, 3.63) is 36.5 Å². The molecular weight excluding hydrogens is 242 g/mol. The fourth-order valence-corrected chi connectivity index (χ4v) is 5.16. The first kappa shape index (κ1) is 12.9. The van der Waals surface area contributed by atoms with Crippen LogP contribution in [0.5, 0.6) is 0 Å². The van der Waals surface area contributed by atoms with Crippen molar-refractivity contribution >= 4 is 0 Å². The molecule has 0 aromatic carbocycles. The third-order valence-electron chi connectivity index (χ3n) is 6.04. The molecule has 0 N–H and O–H groups in total. The fourth-order valence-electron chi connectivity index (χ4n) is 5.16. The molecular formula is C19H27N. The lowest BCUT2D eigenvalue weighted by atomic mass is 9.64. The third-order valence-corrected chi connectivity index (χ3v) is 6.04. The maximum atomic E-state index is 2.89. The summed E-state index contributed by atoms with van der Waals surface area (Å²) in [5.74, 6) is 3.24. The molecule has 2 aliphatic heterocycles. The first-order chi connectivity index (χ1) is 9.84. The maximum absolute atomic E-state index is 2.89. The Morgan fingerprint density at radius 3 is 2.60 bits per heavy atom. The predicted molar refractivity (Wildman–Crippen MR) is 84.4 cm³/mol. The van der Waals surface area contributed by atoms with Gasteiger partial charge in [0.2, 0.25) is 0 Å². The summed E-state index contributed by atoms with van der Waals surface area (Å²) < 4.78 is 0. The van der Waals surface area contributed by atoms with Crippen LogP contribution >= 0.6 is 0 Å². The van der Waals surface area contributed by atoms with Crippen LogP contribution in [0.15, 0.2) is 36.5 Å². The van der Waals surface area contributed by atoms with E-state index in [1.165, 1.54) is 38.6 Å². The molecule has 0 saturated carbocycles. The van der Waals surface area contributed by atoms with E-state index >= 15 is 0 Å². The van der Waals surface area contributed by atoms with Gasteiger partial charge in [-0.25, -0.2) is 0 Å². The Morgan fingerprint density at radius 1 is 0.900 bits per heavy atom. The third kappa shape index (κ3) is 2.02. The van der Waals surface area contributed by atoms with Crippen molar-refractivity contribution in [2.24, 2.45) is 23.7 Å². The highest BCUT2D eigenvalue weighted by molar-refractivity contribution is 5.19. The van der Waals surface area contributed by atoms with Gasteiger partial charge >= 0.3 is 0 Å². The maximum Gasteiger partial charge on any atom is 0.0315 e. The van der Waals surface area contributed by atoms with Crippen LogP contribution in [-0.2, 0) is 0 Å². The van der Waals surface area contributed by atoms with Crippen molar-refractivity contribution in [2.45, 2.75) is 51.1 Å². The summed E-state index contributed by atoms with van der Waals surface area (Å²) in [4.78, 5) is 2.89. The van der Waals surface area contributed by atoms with Crippen LogP contribution in [0.1, 0.15) is 39.0 Å². The standard InChI is InChI=1S/C19H27N/c1-14-7-6-12-19-17-9-3-2-8-15(17)16-10-4-5-11-18(16)20(19)13-14/h2,4,6,8,10,12,14-19H,3,5,7,9,11,13H2,1H3/t14?,15?,16?,17?,18?,19-/m0/s1. The minimum absolute atomic E-state index is 0.711. The van der Waals surface area contributed by atoms with Crippen LogP contribution in [0.2, 0.25) is 0 Å². The van der Waals surface area contributed by atoms with Crippen molar-refractivity contribution in [3.63, 3.8) is 0 Å². The SMILES string of the molecule is CC1CC=C[C@H]2C3CCC=CC3C3C=CCCC3N2C1. The highest BCUT2D eigenvalue weighted by Gasteiger charge is 2.47. The molecule has 1 saturated heterocycles. The number of fused-ring (bicyclic) bond motifs is 6. The Hall–Kier alpha value is -0.820. The van der Waals surface area contributed by atoms with E-state index in [0.29, 0.717) is 6.04 Å². The van der Waals surface area contributed by atoms with Crippen LogP contribution in [-0.4, -0.2) is 23.5 Å². The van der Waals surface area contributed by atoms with Crippen molar-refractivity contribution < 1.29 is 0 Å². The van der Waals surface area contributed by atoms with Gasteiger partial charge in [-0.1, -0.05) is 43.4 Å². The second-order valence-electron chi connectivity index (χ2n) is 7.35. The van der Waals surface area contributed by atoms with Crippen LogP contribution in [0.4, 0.5) is 0 Å². The largest absolute Gasteiger partial charge is 0.293 e. The van der Waals surface area contributed by atoms with E-state index in [1.54, 1.807) is 0 Å². The smallest absolute Gasteiger partial charge is 0.0315 e. The van der Waals surface area contributed by atoms with E-state index in [4.69, 9.17) is 0 Å². The zero-order chi connectivity index (χ0) is 13.5. The lowest BCUT2D eigenvalue weighted by Gasteiger charge is -2.54. The normalized spacial score (nSPS) is 47.2. The summed E-state index contributed by atoms with van der Waals surface area (Å²) in [7, 11) is 0. The summed E-state index contributed by atoms with van der Waals surface area (Å²) >= 11 is 0. The second kappa shape index (κ2) is 5.18. The average molecular weight is 269 g/mol. The summed E-state index contributed by atoms with van der Waals surface area (Å²) in [5, 5.41) is 0. The summed E-state index contributed by atoms with van der Waals surface area (Å²) in [6.45, 7) is 3.73. The highest BCUT2D eigenvalue weighted by Crippen LogP contribution is 2.47. The number of piperidine rings is 1. The summed E-state index contributed by atoms with van der Waals surface area (Å²) in [5.41, 5.74) is 0. The number of hydrogen-bond donors (Lipinski definition) is 0. The Labute approximate surface area is 123 Å². The van der Waals surface area contributed by atoms with E-state index in [9.17, 15) is 0 Å². The lowest BCUT2D eigenvalue weighted by Crippen LogP contribution is -2.59. The van der Waals surface area contributed by atoms with Gasteiger partial charge in [-0.2, -0.15) is 0 Å². The Bertz CT molecular complexity index is 447. The van der Waals surface area contributed by atoms with Crippen molar-refractivity contribution in [2.75, 3.05) is 6.54 Å². The number of allylic oxidation sites excluding steroid dienone is 4. The number of hydrogen-bond acceptors (Lipinski definition) is 1. The molecule has 0 aromatic rings. The van der Waals surface area contributed by atoms with Crippen molar-refractivity contribution in [1.29, 1.82) is 0 Å². The molecule has 6 atom stereocenters. The lowest BCUT2D eigenvalue weighted by molar-refractivity contribution is -0.0106. The molecule has 1 heteroatoms. The van der Waals surface area contributed by atoms with E-state index in [2.05, 4.69) is 48.3 Å². The zero-order valence-corrected chi connectivity index (χ0v) is 12.6. The molecule has 0 spiro atoms. The molecule has 0 radical (unpaired) electrons. The van der Waals surface area contributed by atoms with Gasteiger partial charge in [-0.3, -0.25) is 4.90 Å². The zero-order valence-electron chi connectivity index (χ0n) is 12.6. The van der Waals surface area contributed by atoms with Crippen LogP contribution in [0.25, 0.3) is 0 Å². The van der Waals surface area contributed by atoms with Gasteiger partial charge in [0.05, 0.1) is 0 Å². The van der Waals surface area contributed by atoms with Gasteiger partial charge in [0.15, 0.2) is 0 Å². The average Bonchev–Trinajstić information content (AvgIpc) is 2.69. The molecule has 108 valence electrons. The first-order valence-electron chi connectivity index (χ1n) is 8.60. The van der Waals surface area contributed by atoms with E-state index in [1.807, 2.05) is 0 Å². The summed E-state index contributed by atoms with van der Waals surface area (Å²) in [6, 6.07) is 1.50. The topological polar surface area (TPSA) is 3.24 Å². The Morgan fingerprint density at radius 2 is 1.70 bits per heavy atom. The van der Waals surface area contributed by atoms with E-state index in [0.717, 1.165) is 29.7 Å². The minimum atomic E-state index is 0.711. The molecule has 0 amide bonds. The van der Waals surface area contributed by atoms with Gasteiger partial charge in [0, 0.05) is 18.6 Å². The molecule has 1 nitrogen and oxygen atoms in total. The van der Waals surface area contributed by atoms with Gasteiger partial charge in [-0.15, -0.1) is 0 Å². The monoisotopic (exact) mass is 269 g/mol. The quantitative estimate of drug-likeness (QED) is 0.596. The number of rotatable bonds is 0. The summed E-state index contributed by atoms with van der Waals surface area (Å²) in [6.07, 6.45) is 21.6. The number of nitrogens with zero attached hydrogens (tertiary/aromatic N) is 1. The minimum Gasteiger partial charge on any atom is -0.293 e. The van der Waals surface area contributed by atoms with Gasteiger partial charge in [0.1, 0.15) is 0 Å². The first-order valence-corrected chi connectivity index (χ1v) is 8.60. The van der Waals surface area contributed by atoms with Crippen LogP contribution in [0, 0.1) is 23.7 Å². The van der Waals surface area contributed by atoms with Crippen molar-refractivity contribution in [1.82, 2.24) is 4.90 Å². The molecule has 2 heterocycles. The molecule has 5 unspecified atom stereocenters. The molecule has 0 aromatic heterocycles. The molecule has 1 fully saturated rings. The Kier molecular flexibility index (Phi) is 3.34. The van der Waals surface area contributed by atoms with Gasteiger partial charge in [-0.05, 0) is 55.8 Å². The van der Waals surface area contributed by atoms with E-state index in [-0.39, 0.29) is 0 Å². The fraction of sp³-hybridized carbons (Fsp3) is 0.684. The van der Waals surface area contributed by atoms with Gasteiger partial charge in [0.25, 0.3) is 0 Å². The highest BCUT2D eigenvalue weighted by atomic mass is 15.2. The molecule has 2 aliphatic carbocycles. The van der Waals surface area contributed by atoms with Crippen LogP contribution < -0.4 is 0 Å². The Balaban J connectivity index is 1.73. The molecule has 0 bridgehead atoms. The molecule has 4 rings (SSSR count). The molecule has 4 aliphatic rings. The van der Waals surface area contributed by atoms with Gasteiger partial charge < -0.3 is 0 Å². The van der Waals surface area contributed by atoms with Crippen LogP contribution in [0.3, 0.4) is 0 Å². The molecule has 20 heavy (non-hydrogen) atoms. The van der Waals surface area contributed by atoms with Crippen molar-refractivity contribution in [3.8, 4) is 0 Å². The second-order valence-corrected chi connectivity index (χ2v) is 7.35.